The van der Waals surface area contributed by atoms with Crippen molar-refractivity contribution in [3.8, 4) is 17.1 Å². The number of furan rings is 1. The van der Waals surface area contributed by atoms with Crippen LogP contribution in [0, 0.1) is 0 Å². The standard InChI is InChI=1S/C24H24N2O5/c1-16(2)30-24(28)19-6-4-5-18(14-19)22-12-11-21(31-22)15-25-26-23(27)13-17-7-9-20(29-3)10-8-17/h4-12,14-16H,13H2,1-3H3,(H,26,27)/b25-15+. The number of methoxy groups -OCH3 is 1. The van der Waals surface area contributed by atoms with Crippen molar-refractivity contribution >= 4 is 18.1 Å². The Morgan fingerprint density at radius 1 is 1.10 bits per heavy atom. The fourth-order valence-electron chi connectivity index (χ4n) is 2.80. The van der Waals surface area contributed by atoms with E-state index in [0.717, 1.165) is 16.9 Å². The lowest BCUT2D eigenvalue weighted by Gasteiger charge is -2.08. The SMILES string of the molecule is COc1ccc(CC(=O)N/N=C/c2ccc(-c3cccc(C(=O)OC(C)C)c3)o2)cc1. The van der Waals surface area contributed by atoms with Gasteiger partial charge < -0.3 is 13.9 Å². The van der Waals surface area contributed by atoms with Crippen LogP contribution in [0.3, 0.4) is 0 Å². The molecule has 3 rings (SSSR count). The topological polar surface area (TPSA) is 90.1 Å². The minimum absolute atomic E-state index is 0.192. The maximum absolute atomic E-state index is 12.1. The lowest BCUT2D eigenvalue weighted by molar-refractivity contribution is -0.120. The third-order valence-corrected chi connectivity index (χ3v) is 4.26. The molecule has 0 saturated heterocycles. The lowest BCUT2D eigenvalue weighted by atomic mass is 10.1. The first-order valence-electron chi connectivity index (χ1n) is 9.80. The molecule has 31 heavy (non-hydrogen) atoms. The van der Waals surface area contributed by atoms with Gasteiger partial charge in [0.1, 0.15) is 17.3 Å². The van der Waals surface area contributed by atoms with Crippen LogP contribution in [0.25, 0.3) is 11.3 Å². The van der Waals surface area contributed by atoms with Crippen molar-refractivity contribution in [3.63, 3.8) is 0 Å². The van der Waals surface area contributed by atoms with Crippen LogP contribution in [0.5, 0.6) is 5.75 Å². The van der Waals surface area contributed by atoms with Gasteiger partial charge in [-0.25, -0.2) is 10.2 Å². The van der Waals surface area contributed by atoms with Crippen LogP contribution in [0.15, 0.2) is 70.2 Å². The van der Waals surface area contributed by atoms with Gasteiger partial charge >= 0.3 is 5.97 Å². The van der Waals surface area contributed by atoms with Crippen LogP contribution in [-0.2, 0) is 16.0 Å². The normalized spacial score (nSPS) is 11.0. The van der Waals surface area contributed by atoms with E-state index >= 15 is 0 Å². The number of amides is 1. The fraction of sp³-hybridized carbons (Fsp3) is 0.208. The van der Waals surface area contributed by atoms with Gasteiger partial charge in [-0.2, -0.15) is 5.10 Å². The summed E-state index contributed by atoms with van der Waals surface area (Å²) in [6, 6.07) is 17.8. The molecule has 0 atom stereocenters. The van der Waals surface area contributed by atoms with Gasteiger partial charge in [0.2, 0.25) is 5.91 Å². The molecule has 1 N–H and O–H groups in total. The first-order chi connectivity index (χ1) is 14.9. The van der Waals surface area contributed by atoms with Crippen molar-refractivity contribution in [1.82, 2.24) is 5.43 Å². The summed E-state index contributed by atoms with van der Waals surface area (Å²) in [6.07, 6.45) is 1.43. The zero-order chi connectivity index (χ0) is 22.2. The smallest absolute Gasteiger partial charge is 0.338 e. The summed E-state index contributed by atoms with van der Waals surface area (Å²) in [5, 5.41) is 3.94. The summed E-state index contributed by atoms with van der Waals surface area (Å²) in [4.78, 5) is 24.1. The molecule has 0 saturated carbocycles. The minimum Gasteiger partial charge on any atom is -0.497 e. The van der Waals surface area contributed by atoms with Gasteiger partial charge in [-0.1, -0.05) is 24.3 Å². The number of carbonyl (C=O) groups is 2. The molecule has 1 amide bonds. The highest BCUT2D eigenvalue weighted by molar-refractivity contribution is 5.91. The van der Waals surface area contributed by atoms with Crippen molar-refractivity contribution in [2.24, 2.45) is 5.10 Å². The van der Waals surface area contributed by atoms with E-state index in [9.17, 15) is 9.59 Å². The highest BCUT2D eigenvalue weighted by Crippen LogP contribution is 2.23. The first kappa shape index (κ1) is 21.8. The predicted molar refractivity (Wildman–Crippen MR) is 117 cm³/mol. The van der Waals surface area contributed by atoms with Crippen molar-refractivity contribution in [3.05, 3.63) is 77.6 Å². The summed E-state index contributed by atoms with van der Waals surface area (Å²) in [5.74, 6) is 1.15. The van der Waals surface area contributed by atoms with E-state index in [1.807, 2.05) is 18.2 Å². The molecule has 0 aliphatic carbocycles. The van der Waals surface area contributed by atoms with E-state index in [0.29, 0.717) is 17.1 Å². The van der Waals surface area contributed by atoms with Crippen molar-refractivity contribution in [2.75, 3.05) is 7.11 Å². The Hall–Kier alpha value is -3.87. The largest absolute Gasteiger partial charge is 0.497 e. The predicted octanol–water partition coefficient (Wildman–Crippen LogP) is 4.21. The van der Waals surface area contributed by atoms with Gasteiger partial charge in [-0.05, 0) is 55.8 Å². The van der Waals surface area contributed by atoms with Crippen molar-refractivity contribution in [1.29, 1.82) is 0 Å². The highest BCUT2D eigenvalue weighted by atomic mass is 16.5. The lowest BCUT2D eigenvalue weighted by Crippen LogP contribution is -2.19. The highest BCUT2D eigenvalue weighted by Gasteiger charge is 2.12. The second kappa shape index (κ2) is 10.2. The molecule has 160 valence electrons. The molecule has 1 aromatic heterocycles. The second-order valence-electron chi connectivity index (χ2n) is 7.05. The molecule has 0 fully saturated rings. The summed E-state index contributed by atoms with van der Waals surface area (Å²) in [6.45, 7) is 3.60. The molecule has 3 aromatic rings. The van der Waals surface area contributed by atoms with Crippen LogP contribution in [0.2, 0.25) is 0 Å². The van der Waals surface area contributed by atoms with Crippen LogP contribution in [0.4, 0.5) is 0 Å². The van der Waals surface area contributed by atoms with Crippen molar-refractivity contribution in [2.45, 2.75) is 26.4 Å². The van der Waals surface area contributed by atoms with E-state index < -0.39 is 0 Å². The van der Waals surface area contributed by atoms with E-state index in [1.54, 1.807) is 63.4 Å². The Balaban J connectivity index is 1.58. The van der Waals surface area contributed by atoms with Crippen LogP contribution < -0.4 is 10.2 Å². The number of hydrogen-bond donors (Lipinski definition) is 1. The number of benzene rings is 2. The summed E-state index contributed by atoms with van der Waals surface area (Å²) >= 11 is 0. The molecule has 0 aliphatic heterocycles. The minimum atomic E-state index is -0.384. The molecule has 0 unspecified atom stereocenters. The third kappa shape index (κ3) is 6.30. The number of hydrazone groups is 1. The first-order valence-corrected chi connectivity index (χ1v) is 9.80. The van der Waals surface area contributed by atoms with E-state index in [2.05, 4.69) is 10.5 Å². The zero-order valence-corrected chi connectivity index (χ0v) is 17.6. The molecular weight excluding hydrogens is 396 g/mol. The molecular formula is C24H24N2O5. The monoisotopic (exact) mass is 420 g/mol. The van der Waals surface area contributed by atoms with Gasteiger partial charge in [-0.3, -0.25) is 4.79 Å². The Labute approximate surface area is 180 Å². The average Bonchev–Trinajstić information content (AvgIpc) is 3.23. The number of nitrogens with one attached hydrogen (secondary N) is 1. The number of hydrogen-bond acceptors (Lipinski definition) is 6. The summed E-state index contributed by atoms with van der Waals surface area (Å²) in [7, 11) is 1.59. The number of nitrogens with zero attached hydrogens (tertiary/aromatic N) is 1. The third-order valence-electron chi connectivity index (χ3n) is 4.26. The number of rotatable bonds is 8. The number of carbonyl (C=O) groups excluding carboxylic acids is 2. The zero-order valence-electron chi connectivity index (χ0n) is 17.6. The quantitative estimate of drug-likeness (QED) is 0.335. The molecule has 7 heteroatoms. The number of ether oxygens (including phenoxy) is 2. The maximum atomic E-state index is 12.1. The number of esters is 1. The Morgan fingerprint density at radius 3 is 2.58 bits per heavy atom. The van der Waals surface area contributed by atoms with Crippen LogP contribution in [0.1, 0.15) is 35.5 Å². The molecule has 0 aliphatic rings. The average molecular weight is 420 g/mol. The van der Waals surface area contributed by atoms with Crippen LogP contribution in [-0.4, -0.2) is 31.3 Å². The molecule has 7 nitrogen and oxygen atoms in total. The molecule has 0 spiro atoms. The molecule has 0 radical (unpaired) electrons. The maximum Gasteiger partial charge on any atom is 0.338 e. The van der Waals surface area contributed by atoms with E-state index in [4.69, 9.17) is 13.9 Å². The Kier molecular flexibility index (Phi) is 7.22. The summed E-state index contributed by atoms with van der Waals surface area (Å²) < 4.78 is 16.1. The molecule has 0 bridgehead atoms. The second-order valence-corrected chi connectivity index (χ2v) is 7.05. The van der Waals surface area contributed by atoms with Crippen molar-refractivity contribution < 1.29 is 23.5 Å². The van der Waals surface area contributed by atoms with Gasteiger partial charge in [0.05, 0.1) is 31.4 Å². The Morgan fingerprint density at radius 2 is 1.87 bits per heavy atom. The van der Waals surface area contributed by atoms with Gasteiger partial charge in [-0.15, -0.1) is 0 Å². The van der Waals surface area contributed by atoms with E-state index in [-0.39, 0.29) is 24.4 Å². The van der Waals surface area contributed by atoms with Gasteiger partial charge in [0.15, 0.2) is 0 Å². The van der Waals surface area contributed by atoms with E-state index in [1.165, 1.54) is 6.21 Å². The fourth-order valence-corrected chi connectivity index (χ4v) is 2.80. The molecule has 2 aromatic carbocycles. The summed E-state index contributed by atoms with van der Waals surface area (Å²) in [5.41, 5.74) is 4.51. The van der Waals surface area contributed by atoms with Gasteiger partial charge in [0.25, 0.3) is 0 Å². The molecule has 1 heterocycles. The Bertz CT molecular complexity index is 1070. The van der Waals surface area contributed by atoms with Gasteiger partial charge in [0, 0.05) is 5.56 Å². The van der Waals surface area contributed by atoms with Crippen LogP contribution >= 0.6 is 0 Å².